The molecule has 0 amide bonds. The summed E-state index contributed by atoms with van der Waals surface area (Å²) in [5.74, 6) is -2.43. The van der Waals surface area contributed by atoms with Gasteiger partial charge in [-0.2, -0.15) is 26.9 Å². The van der Waals surface area contributed by atoms with Gasteiger partial charge in [0.05, 0.1) is 5.02 Å². The third-order valence-electron chi connectivity index (χ3n) is 2.00. The highest BCUT2D eigenvalue weighted by molar-refractivity contribution is 6.32. The Morgan fingerprint density at radius 1 is 1.24 bits per heavy atom. The minimum Gasteiger partial charge on any atom is -0.428 e. The van der Waals surface area contributed by atoms with E-state index in [1.807, 2.05) is 0 Å². The number of benzene rings is 1. The van der Waals surface area contributed by atoms with Gasteiger partial charge >= 0.3 is 12.3 Å². The van der Waals surface area contributed by atoms with Crippen molar-refractivity contribution in [1.29, 1.82) is 0 Å². The SMILES string of the molecule is O=C=Nc1cc(OC(F)(F)C(F)C(F)(F)F)c(Cl)cc1F. The molecule has 1 unspecified atom stereocenters. The van der Waals surface area contributed by atoms with E-state index >= 15 is 0 Å². The molecule has 0 aliphatic heterocycles. The fraction of sp³-hybridized carbons (Fsp3) is 0.300. The molecule has 0 bridgehead atoms. The Labute approximate surface area is 117 Å². The molecule has 1 aromatic carbocycles. The Morgan fingerprint density at radius 3 is 2.29 bits per heavy atom. The van der Waals surface area contributed by atoms with Gasteiger partial charge in [0.1, 0.15) is 11.4 Å². The Hall–Kier alpha value is -1.80. The number of rotatable bonds is 4. The number of hydrogen-bond acceptors (Lipinski definition) is 3. The molecule has 0 spiro atoms. The van der Waals surface area contributed by atoms with Crippen LogP contribution < -0.4 is 4.74 Å². The average Bonchev–Trinajstić information content (AvgIpc) is 2.33. The summed E-state index contributed by atoms with van der Waals surface area (Å²) in [5.41, 5.74) is -0.873. The van der Waals surface area contributed by atoms with E-state index in [9.17, 15) is 35.5 Å². The summed E-state index contributed by atoms with van der Waals surface area (Å²) in [6.45, 7) is 0. The fourth-order valence-corrected chi connectivity index (χ4v) is 1.31. The molecular weight excluding hydrogens is 335 g/mol. The highest BCUT2D eigenvalue weighted by Gasteiger charge is 2.59. The molecule has 0 saturated carbocycles. The van der Waals surface area contributed by atoms with Gasteiger partial charge in [0, 0.05) is 6.07 Å². The smallest absolute Gasteiger partial charge is 0.428 e. The summed E-state index contributed by atoms with van der Waals surface area (Å²) < 4.78 is 91.1. The van der Waals surface area contributed by atoms with Crippen LogP contribution in [0.3, 0.4) is 0 Å². The molecule has 116 valence electrons. The molecule has 1 atom stereocenters. The molecule has 0 radical (unpaired) electrons. The van der Waals surface area contributed by atoms with Gasteiger partial charge in [-0.05, 0) is 6.07 Å². The molecule has 3 nitrogen and oxygen atoms in total. The molecule has 0 aliphatic carbocycles. The van der Waals surface area contributed by atoms with Crippen LogP contribution in [0.15, 0.2) is 17.1 Å². The lowest BCUT2D eigenvalue weighted by Gasteiger charge is -2.23. The second kappa shape index (κ2) is 5.90. The van der Waals surface area contributed by atoms with Crippen molar-refractivity contribution in [2.75, 3.05) is 0 Å². The van der Waals surface area contributed by atoms with Gasteiger partial charge in [-0.3, -0.25) is 0 Å². The van der Waals surface area contributed by atoms with E-state index in [1.54, 1.807) is 0 Å². The predicted molar refractivity (Wildman–Crippen MR) is 55.7 cm³/mol. The molecule has 21 heavy (non-hydrogen) atoms. The minimum atomic E-state index is -5.89. The van der Waals surface area contributed by atoms with Crippen LogP contribution >= 0.6 is 11.6 Å². The molecule has 1 rings (SSSR count). The molecule has 11 heteroatoms. The number of hydrogen-bond donors (Lipinski definition) is 0. The average molecular weight is 338 g/mol. The molecule has 0 saturated heterocycles. The minimum absolute atomic E-state index is 0.305. The number of nitrogens with zero attached hydrogens (tertiary/aromatic N) is 1. The molecule has 1 aromatic rings. The van der Waals surface area contributed by atoms with Crippen LogP contribution in [0.25, 0.3) is 0 Å². The number of aliphatic imine (C=N–C) groups is 1. The summed E-state index contributed by atoms with van der Waals surface area (Å²) in [6.07, 6.45) is -15.0. The van der Waals surface area contributed by atoms with E-state index in [-0.39, 0.29) is 0 Å². The maximum absolute atomic E-state index is 13.1. The van der Waals surface area contributed by atoms with Gasteiger partial charge in [-0.25, -0.2) is 13.6 Å². The Bertz CT molecular complexity index is 584. The van der Waals surface area contributed by atoms with Gasteiger partial charge < -0.3 is 4.74 Å². The molecule has 0 heterocycles. The third-order valence-corrected chi connectivity index (χ3v) is 2.29. The number of carbonyl (C=O) groups excluding carboxylic acids is 1. The van der Waals surface area contributed by atoms with E-state index in [2.05, 4.69) is 9.73 Å². The first-order chi connectivity index (χ1) is 9.49. The normalized spacial score (nSPS) is 13.5. The Balaban J connectivity index is 3.18. The largest absolute Gasteiger partial charge is 0.439 e. The zero-order valence-corrected chi connectivity index (χ0v) is 10.3. The second-order valence-electron chi connectivity index (χ2n) is 3.51. The third kappa shape index (κ3) is 4.08. The van der Waals surface area contributed by atoms with Crippen molar-refractivity contribution in [3.8, 4) is 5.75 Å². The van der Waals surface area contributed by atoms with E-state index < -0.39 is 40.7 Å². The lowest BCUT2D eigenvalue weighted by atomic mass is 10.3. The summed E-state index contributed by atoms with van der Waals surface area (Å²) in [5, 5.41) is -0.869. The molecule has 0 aromatic heterocycles. The van der Waals surface area contributed by atoms with Crippen molar-refractivity contribution in [2.45, 2.75) is 18.5 Å². The van der Waals surface area contributed by atoms with E-state index in [4.69, 9.17) is 11.6 Å². The lowest BCUT2D eigenvalue weighted by Crippen LogP contribution is -2.45. The standard InChI is InChI=1S/C10H3ClF7NO2/c11-4-1-5(12)6(19-3-20)2-7(4)21-10(17,18)8(13)9(14,15)16/h1-2,8H. The predicted octanol–water partition coefficient (Wildman–Crippen LogP) is 4.32. The van der Waals surface area contributed by atoms with Crippen LogP contribution in [0.4, 0.5) is 36.4 Å². The fourth-order valence-electron chi connectivity index (χ4n) is 1.12. The maximum atomic E-state index is 13.1. The van der Waals surface area contributed by atoms with E-state index in [0.717, 1.165) is 6.08 Å². The van der Waals surface area contributed by atoms with Crippen LogP contribution in [0.2, 0.25) is 5.02 Å². The quantitative estimate of drug-likeness (QED) is 0.466. The first-order valence-corrected chi connectivity index (χ1v) is 5.21. The summed E-state index contributed by atoms with van der Waals surface area (Å²) >= 11 is 5.28. The molecule has 0 N–H and O–H groups in total. The van der Waals surface area contributed by atoms with Crippen molar-refractivity contribution in [2.24, 2.45) is 4.99 Å². The number of isocyanates is 1. The van der Waals surface area contributed by atoms with Crippen molar-refractivity contribution < 1.29 is 40.3 Å². The monoisotopic (exact) mass is 337 g/mol. The Kier molecular flexibility index (Phi) is 4.85. The van der Waals surface area contributed by atoms with Gasteiger partial charge in [0.2, 0.25) is 6.08 Å². The summed E-state index contributed by atoms with van der Waals surface area (Å²) in [7, 11) is 0. The first kappa shape index (κ1) is 17.3. The summed E-state index contributed by atoms with van der Waals surface area (Å²) in [4.78, 5) is 12.7. The van der Waals surface area contributed by atoms with E-state index in [1.165, 1.54) is 0 Å². The number of halogens is 8. The van der Waals surface area contributed by atoms with E-state index in [0.29, 0.717) is 12.1 Å². The van der Waals surface area contributed by atoms with Crippen LogP contribution in [0.1, 0.15) is 0 Å². The topological polar surface area (TPSA) is 38.7 Å². The van der Waals surface area contributed by atoms with Gasteiger partial charge in [0.25, 0.3) is 6.17 Å². The lowest BCUT2D eigenvalue weighted by molar-refractivity contribution is -0.304. The van der Waals surface area contributed by atoms with Gasteiger partial charge in [0.15, 0.2) is 5.82 Å². The van der Waals surface area contributed by atoms with Crippen molar-refractivity contribution in [3.63, 3.8) is 0 Å². The highest BCUT2D eigenvalue weighted by Crippen LogP contribution is 2.40. The van der Waals surface area contributed by atoms with Crippen molar-refractivity contribution in [1.82, 2.24) is 0 Å². The number of ether oxygens (including phenoxy) is 1. The zero-order valence-electron chi connectivity index (χ0n) is 9.52. The summed E-state index contributed by atoms with van der Waals surface area (Å²) in [6, 6.07) is 0.656. The van der Waals surface area contributed by atoms with Gasteiger partial charge in [-0.1, -0.05) is 11.6 Å². The second-order valence-corrected chi connectivity index (χ2v) is 3.91. The Morgan fingerprint density at radius 2 is 1.81 bits per heavy atom. The molecule has 0 aliphatic rings. The van der Waals surface area contributed by atoms with Crippen LogP contribution in [0.5, 0.6) is 5.75 Å². The molecule has 0 fully saturated rings. The van der Waals surface area contributed by atoms with Crippen molar-refractivity contribution in [3.05, 3.63) is 23.0 Å². The first-order valence-electron chi connectivity index (χ1n) is 4.83. The maximum Gasteiger partial charge on any atom is 0.439 e. The van der Waals surface area contributed by atoms with Crippen LogP contribution in [-0.4, -0.2) is 24.5 Å². The van der Waals surface area contributed by atoms with Crippen molar-refractivity contribution >= 4 is 23.4 Å². The molecular formula is C10H3ClF7NO2. The van der Waals surface area contributed by atoms with Crippen LogP contribution in [0, 0.1) is 5.82 Å². The van der Waals surface area contributed by atoms with Crippen LogP contribution in [-0.2, 0) is 4.79 Å². The van der Waals surface area contributed by atoms with Gasteiger partial charge in [-0.15, -0.1) is 0 Å². The number of alkyl halides is 6. The zero-order chi connectivity index (χ0) is 16.4. The highest BCUT2D eigenvalue weighted by atomic mass is 35.5.